The summed E-state index contributed by atoms with van der Waals surface area (Å²) in [5.41, 5.74) is 0. The van der Waals surface area contributed by atoms with Crippen LogP contribution in [-0.4, -0.2) is 37.1 Å². The number of likely N-dealkylation sites (tertiary alicyclic amines) is 1. The molecule has 20 heavy (non-hydrogen) atoms. The van der Waals surface area contributed by atoms with Crippen LogP contribution >= 0.6 is 0 Å². The van der Waals surface area contributed by atoms with Crippen LogP contribution in [0.15, 0.2) is 0 Å². The number of piperidine rings is 1. The molecule has 116 valence electrons. The predicted octanol–water partition coefficient (Wildman–Crippen LogP) is 3.52. The van der Waals surface area contributed by atoms with Gasteiger partial charge < -0.3 is 10.2 Å². The number of rotatable bonds is 6. The normalized spacial score (nSPS) is 39.3. The Labute approximate surface area is 125 Å². The summed E-state index contributed by atoms with van der Waals surface area (Å²) in [5.74, 6) is 4.06. The van der Waals surface area contributed by atoms with E-state index in [0.29, 0.717) is 6.04 Å². The molecule has 1 heterocycles. The van der Waals surface area contributed by atoms with Crippen LogP contribution in [0.3, 0.4) is 0 Å². The topological polar surface area (TPSA) is 15.3 Å². The molecule has 1 N–H and O–H groups in total. The number of nitrogens with zero attached hydrogens (tertiary/aromatic N) is 1. The lowest BCUT2D eigenvalue weighted by Gasteiger charge is -2.36. The fourth-order valence-electron chi connectivity index (χ4n) is 5.15. The van der Waals surface area contributed by atoms with Crippen LogP contribution in [0.5, 0.6) is 0 Å². The quantitative estimate of drug-likeness (QED) is 0.799. The van der Waals surface area contributed by atoms with Gasteiger partial charge in [0, 0.05) is 12.6 Å². The minimum absolute atomic E-state index is 0.716. The molecule has 2 aliphatic carbocycles. The Balaban J connectivity index is 1.41. The Bertz CT molecular complexity index is 302. The molecule has 0 aromatic rings. The van der Waals surface area contributed by atoms with Gasteiger partial charge in [-0.2, -0.15) is 0 Å². The Morgan fingerprint density at radius 3 is 2.80 bits per heavy atom. The highest BCUT2D eigenvalue weighted by atomic mass is 15.1. The van der Waals surface area contributed by atoms with Crippen molar-refractivity contribution in [2.24, 2.45) is 23.7 Å². The molecule has 1 aliphatic heterocycles. The highest BCUT2D eigenvalue weighted by Crippen LogP contribution is 2.48. The van der Waals surface area contributed by atoms with E-state index < -0.39 is 0 Å². The zero-order valence-corrected chi connectivity index (χ0v) is 13.6. The van der Waals surface area contributed by atoms with Gasteiger partial charge in [-0.1, -0.05) is 13.3 Å². The molecule has 0 spiro atoms. The van der Waals surface area contributed by atoms with E-state index in [2.05, 4.69) is 24.1 Å². The van der Waals surface area contributed by atoms with E-state index in [-0.39, 0.29) is 0 Å². The highest BCUT2D eigenvalue weighted by molar-refractivity contribution is 4.91. The van der Waals surface area contributed by atoms with Crippen LogP contribution in [0, 0.1) is 23.7 Å². The van der Waals surface area contributed by atoms with Crippen LogP contribution in [0.25, 0.3) is 0 Å². The molecule has 3 fully saturated rings. The third-order valence-corrected chi connectivity index (χ3v) is 6.38. The van der Waals surface area contributed by atoms with Crippen LogP contribution < -0.4 is 5.32 Å². The summed E-state index contributed by atoms with van der Waals surface area (Å²) >= 11 is 0. The largest absolute Gasteiger partial charge is 0.314 e. The molecule has 3 rings (SSSR count). The molecule has 0 radical (unpaired) electrons. The second kappa shape index (κ2) is 6.79. The van der Waals surface area contributed by atoms with E-state index >= 15 is 0 Å². The van der Waals surface area contributed by atoms with E-state index in [1.807, 2.05) is 0 Å². The fourth-order valence-corrected chi connectivity index (χ4v) is 5.15. The summed E-state index contributed by atoms with van der Waals surface area (Å²) in [7, 11) is 0. The molecule has 2 saturated carbocycles. The third-order valence-electron chi connectivity index (χ3n) is 6.38. The smallest absolute Gasteiger partial charge is 0.00793 e. The van der Waals surface area contributed by atoms with Gasteiger partial charge in [-0.15, -0.1) is 0 Å². The van der Waals surface area contributed by atoms with Gasteiger partial charge in [-0.05, 0) is 88.8 Å². The number of fused-ring (bicyclic) bond motifs is 2. The van der Waals surface area contributed by atoms with E-state index in [9.17, 15) is 0 Å². The van der Waals surface area contributed by atoms with Gasteiger partial charge in [0.05, 0.1) is 0 Å². The Morgan fingerprint density at radius 1 is 1.20 bits per heavy atom. The zero-order valence-electron chi connectivity index (χ0n) is 13.6. The first-order valence-electron chi connectivity index (χ1n) is 9.22. The summed E-state index contributed by atoms with van der Waals surface area (Å²) in [6, 6.07) is 0.716. The van der Waals surface area contributed by atoms with Crippen molar-refractivity contribution in [3.63, 3.8) is 0 Å². The van der Waals surface area contributed by atoms with Crippen LogP contribution in [0.2, 0.25) is 0 Å². The Morgan fingerprint density at radius 2 is 2.10 bits per heavy atom. The second-order valence-corrected chi connectivity index (χ2v) is 7.83. The average molecular weight is 278 g/mol. The molecular weight excluding hydrogens is 244 g/mol. The molecule has 2 nitrogen and oxygen atoms in total. The lowest BCUT2D eigenvalue weighted by molar-refractivity contribution is 0.147. The average Bonchev–Trinajstić information content (AvgIpc) is 3.08. The Kier molecular flexibility index (Phi) is 5.04. The van der Waals surface area contributed by atoms with Gasteiger partial charge in [0.2, 0.25) is 0 Å². The Hall–Kier alpha value is -0.0800. The van der Waals surface area contributed by atoms with Crippen LogP contribution in [0.4, 0.5) is 0 Å². The molecular formula is C18H34N2. The maximum atomic E-state index is 3.92. The first-order valence-corrected chi connectivity index (χ1v) is 9.22. The lowest BCUT2D eigenvalue weighted by Crippen LogP contribution is -2.46. The second-order valence-electron chi connectivity index (χ2n) is 7.83. The van der Waals surface area contributed by atoms with Crippen molar-refractivity contribution >= 4 is 0 Å². The van der Waals surface area contributed by atoms with Gasteiger partial charge in [-0.3, -0.25) is 0 Å². The zero-order chi connectivity index (χ0) is 13.9. The molecule has 0 amide bonds. The number of hydrogen-bond acceptors (Lipinski definition) is 2. The van der Waals surface area contributed by atoms with Crippen LogP contribution in [-0.2, 0) is 0 Å². The number of nitrogens with one attached hydrogen (secondary N) is 1. The maximum Gasteiger partial charge on any atom is 0.00793 e. The standard InChI is InChI=1S/C18H34N2/c1-3-8-20-9-4-5-17(13-20)14(2)19-12-18-11-15-6-7-16(18)10-15/h14-19H,3-13H2,1-2H3. The first kappa shape index (κ1) is 14.8. The molecule has 2 heteroatoms. The van der Waals surface area contributed by atoms with E-state index in [4.69, 9.17) is 0 Å². The predicted molar refractivity (Wildman–Crippen MR) is 85.9 cm³/mol. The maximum absolute atomic E-state index is 3.92. The molecule has 2 bridgehead atoms. The van der Waals surface area contributed by atoms with Crippen molar-refractivity contribution in [2.75, 3.05) is 26.2 Å². The highest BCUT2D eigenvalue weighted by Gasteiger charge is 2.39. The van der Waals surface area contributed by atoms with Crippen molar-refractivity contribution in [3.8, 4) is 0 Å². The summed E-state index contributed by atoms with van der Waals surface area (Å²) in [6.07, 6.45) is 10.3. The minimum atomic E-state index is 0.716. The lowest BCUT2D eigenvalue weighted by atomic mass is 9.87. The van der Waals surface area contributed by atoms with Gasteiger partial charge in [-0.25, -0.2) is 0 Å². The SMILES string of the molecule is CCCN1CCCC(C(C)NCC2CC3CCC2C3)C1. The minimum Gasteiger partial charge on any atom is -0.314 e. The molecule has 1 saturated heterocycles. The molecule has 0 aromatic carbocycles. The van der Waals surface area contributed by atoms with Gasteiger partial charge >= 0.3 is 0 Å². The summed E-state index contributed by atoms with van der Waals surface area (Å²) < 4.78 is 0. The van der Waals surface area contributed by atoms with Gasteiger partial charge in [0.1, 0.15) is 0 Å². The van der Waals surface area contributed by atoms with Gasteiger partial charge in [0.25, 0.3) is 0 Å². The van der Waals surface area contributed by atoms with Crippen molar-refractivity contribution in [1.82, 2.24) is 10.2 Å². The molecule has 3 aliphatic rings. The monoisotopic (exact) mass is 278 g/mol. The fraction of sp³-hybridized carbons (Fsp3) is 1.00. The first-order chi connectivity index (χ1) is 9.76. The third kappa shape index (κ3) is 3.39. The van der Waals surface area contributed by atoms with Crippen LogP contribution in [0.1, 0.15) is 58.8 Å². The van der Waals surface area contributed by atoms with Gasteiger partial charge in [0.15, 0.2) is 0 Å². The van der Waals surface area contributed by atoms with E-state index in [0.717, 1.165) is 23.7 Å². The summed E-state index contributed by atoms with van der Waals surface area (Å²) in [6.45, 7) is 10.0. The molecule has 5 atom stereocenters. The van der Waals surface area contributed by atoms with Crippen molar-refractivity contribution in [2.45, 2.75) is 64.8 Å². The van der Waals surface area contributed by atoms with Crippen molar-refractivity contribution in [3.05, 3.63) is 0 Å². The number of hydrogen-bond donors (Lipinski definition) is 1. The van der Waals surface area contributed by atoms with E-state index in [1.165, 1.54) is 64.7 Å². The van der Waals surface area contributed by atoms with Crippen molar-refractivity contribution < 1.29 is 0 Å². The van der Waals surface area contributed by atoms with Crippen molar-refractivity contribution in [1.29, 1.82) is 0 Å². The summed E-state index contributed by atoms with van der Waals surface area (Å²) in [4.78, 5) is 2.68. The van der Waals surface area contributed by atoms with E-state index in [1.54, 1.807) is 6.42 Å². The summed E-state index contributed by atoms with van der Waals surface area (Å²) in [5, 5.41) is 3.92. The molecule has 0 aromatic heterocycles. The molecule has 5 unspecified atom stereocenters.